The number of aliphatic hydroxyl groups excluding tert-OH is 1. The standard InChI is InChI=1S/C7H6BrF2NO/c8-5-2-11-6(7(9)10)1-4(5)3-12/h1-2,7,12H,3H2. The van der Waals surface area contributed by atoms with E-state index in [0.29, 0.717) is 10.0 Å². The fourth-order valence-electron chi connectivity index (χ4n) is 0.739. The first-order valence-corrected chi connectivity index (χ1v) is 3.97. The Morgan fingerprint density at radius 3 is 2.75 bits per heavy atom. The van der Waals surface area contributed by atoms with Gasteiger partial charge in [-0.1, -0.05) is 0 Å². The molecule has 0 spiro atoms. The molecule has 0 bridgehead atoms. The van der Waals surface area contributed by atoms with Gasteiger partial charge in [-0.3, -0.25) is 4.98 Å². The lowest BCUT2D eigenvalue weighted by atomic mass is 10.2. The highest BCUT2D eigenvalue weighted by Gasteiger charge is 2.10. The molecule has 1 aromatic rings. The molecule has 0 aliphatic rings. The quantitative estimate of drug-likeness (QED) is 0.857. The lowest BCUT2D eigenvalue weighted by Crippen LogP contribution is -1.94. The second-order valence-electron chi connectivity index (χ2n) is 2.16. The Labute approximate surface area is 76.4 Å². The van der Waals surface area contributed by atoms with Gasteiger partial charge in [0.05, 0.1) is 6.61 Å². The van der Waals surface area contributed by atoms with Gasteiger partial charge < -0.3 is 5.11 Å². The summed E-state index contributed by atoms with van der Waals surface area (Å²) in [5.41, 5.74) is 0.0996. The first kappa shape index (κ1) is 9.54. The molecule has 0 radical (unpaired) electrons. The van der Waals surface area contributed by atoms with Crippen molar-refractivity contribution in [1.82, 2.24) is 4.98 Å². The van der Waals surface area contributed by atoms with E-state index in [0.717, 1.165) is 0 Å². The van der Waals surface area contributed by atoms with Crippen molar-refractivity contribution in [1.29, 1.82) is 0 Å². The maximum atomic E-state index is 12.1. The van der Waals surface area contributed by atoms with E-state index in [1.165, 1.54) is 12.3 Å². The largest absolute Gasteiger partial charge is 0.392 e. The summed E-state index contributed by atoms with van der Waals surface area (Å²) in [6, 6.07) is 1.18. The number of pyridine rings is 1. The van der Waals surface area contributed by atoms with Gasteiger partial charge in [-0.05, 0) is 27.6 Å². The van der Waals surface area contributed by atoms with Crippen molar-refractivity contribution in [2.45, 2.75) is 13.0 Å². The Hall–Kier alpha value is -0.550. The van der Waals surface area contributed by atoms with E-state index in [2.05, 4.69) is 20.9 Å². The van der Waals surface area contributed by atoms with E-state index in [1.807, 2.05) is 0 Å². The third-order valence-corrected chi connectivity index (χ3v) is 2.06. The molecule has 0 aliphatic heterocycles. The molecular weight excluding hydrogens is 232 g/mol. The van der Waals surface area contributed by atoms with Crippen molar-refractivity contribution in [2.75, 3.05) is 0 Å². The zero-order valence-corrected chi connectivity index (χ0v) is 7.55. The predicted molar refractivity (Wildman–Crippen MR) is 42.8 cm³/mol. The number of aromatic nitrogens is 1. The van der Waals surface area contributed by atoms with Crippen LogP contribution in [0.25, 0.3) is 0 Å². The number of nitrogens with zero attached hydrogens (tertiary/aromatic N) is 1. The molecule has 1 N–H and O–H groups in total. The van der Waals surface area contributed by atoms with Crippen LogP contribution in [0.3, 0.4) is 0 Å². The van der Waals surface area contributed by atoms with Crippen LogP contribution in [0, 0.1) is 0 Å². The van der Waals surface area contributed by atoms with Gasteiger partial charge in [0.2, 0.25) is 0 Å². The van der Waals surface area contributed by atoms with E-state index >= 15 is 0 Å². The molecule has 0 saturated carbocycles. The smallest absolute Gasteiger partial charge is 0.280 e. The number of hydrogen-bond donors (Lipinski definition) is 1. The maximum absolute atomic E-state index is 12.1. The lowest BCUT2D eigenvalue weighted by molar-refractivity contribution is 0.145. The molecule has 0 aliphatic carbocycles. The third kappa shape index (κ3) is 1.98. The fraction of sp³-hybridized carbons (Fsp3) is 0.286. The van der Waals surface area contributed by atoms with Crippen molar-refractivity contribution in [3.8, 4) is 0 Å². The normalized spacial score (nSPS) is 10.8. The fourth-order valence-corrected chi connectivity index (χ4v) is 1.08. The molecular formula is C7H6BrF2NO. The summed E-state index contributed by atoms with van der Waals surface area (Å²) in [6.07, 6.45) is -1.34. The summed E-state index contributed by atoms with van der Waals surface area (Å²) in [7, 11) is 0. The Morgan fingerprint density at radius 2 is 2.25 bits per heavy atom. The minimum atomic E-state index is -2.59. The predicted octanol–water partition coefficient (Wildman–Crippen LogP) is 2.27. The van der Waals surface area contributed by atoms with Crippen LogP contribution in [0.15, 0.2) is 16.7 Å². The van der Waals surface area contributed by atoms with Gasteiger partial charge in [0.15, 0.2) is 0 Å². The van der Waals surface area contributed by atoms with Crippen LogP contribution >= 0.6 is 15.9 Å². The Balaban J connectivity index is 3.05. The molecule has 0 saturated heterocycles. The number of hydrogen-bond acceptors (Lipinski definition) is 2. The van der Waals surface area contributed by atoms with Crippen LogP contribution < -0.4 is 0 Å². The van der Waals surface area contributed by atoms with E-state index in [9.17, 15) is 8.78 Å². The highest BCUT2D eigenvalue weighted by molar-refractivity contribution is 9.10. The van der Waals surface area contributed by atoms with Crippen molar-refractivity contribution >= 4 is 15.9 Å². The SMILES string of the molecule is OCc1cc(C(F)F)ncc1Br. The summed E-state index contributed by atoms with van der Waals surface area (Å²) in [6.45, 7) is -0.275. The monoisotopic (exact) mass is 237 g/mol. The molecule has 0 unspecified atom stereocenters. The molecule has 1 aromatic heterocycles. The molecule has 1 rings (SSSR count). The summed E-state index contributed by atoms with van der Waals surface area (Å²) in [5.74, 6) is 0. The minimum Gasteiger partial charge on any atom is -0.392 e. The topological polar surface area (TPSA) is 33.1 Å². The second kappa shape index (κ2) is 3.91. The molecule has 2 nitrogen and oxygen atoms in total. The highest BCUT2D eigenvalue weighted by Crippen LogP contribution is 2.22. The van der Waals surface area contributed by atoms with E-state index in [-0.39, 0.29) is 12.3 Å². The molecule has 0 amide bonds. The third-order valence-electron chi connectivity index (χ3n) is 1.35. The van der Waals surface area contributed by atoms with Crippen LogP contribution in [-0.4, -0.2) is 10.1 Å². The van der Waals surface area contributed by atoms with E-state index < -0.39 is 6.43 Å². The summed E-state index contributed by atoms with van der Waals surface area (Å²) >= 11 is 3.07. The molecule has 66 valence electrons. The van der Waals surface area contributed by atoms with Gasteiger partial charge >= 0.3 is 0 Å². The maximum Gasteiger partial charge on any atom is 0.280 e. The number of halogens is 3. The van der Waals surface area contributed by atoms with Crippen molar-refractivity contribution < 1.29 is 13.9 Å². The zero-order chi connectivity index (χ0) is 9.14. The van der Waals surface area contributed by atoms with Crippen molar-refractivity contribution in [3.63, 3.8) is 0 Å². The van der Waals surface area contributed by atoms with Crippen LogP contribution in [0.2, 0.25) is 0 Å². The van der Waals surface area contributed by atoms with Crippen molar-refractivity contribution in [3.05, 3.63) is 28.0 Å². The number of alkyl halides is 2. The zero-order valence-electron chi connectivity index (χ0n) is 5.97. The molecule has 0 aromatic carbocycles. The minimum absolute atomic E-state index is 0.275. The Morgan fingerprint density at radius 1 is 1.58 bits per heavy atom. The highest BCUT2D eigenvalue weighted by atomic mass is 79.9. The van der Waals surface area contributed by atoms with Gasteiger partial charge in [0.1, 0.15) is 5.69 Å². The Bertz CT molecular complexity index is 280. The van der Waals surface area contributed by atoms with Crippen molar-refractivity contribution in [2.24, 2.45) is 0 Å². The first-order valence-electron chi connectivity index (χ1n) is 3.18. The molecule has 0 atom stereocenters. The van der Waals surface area contributed by atoms with Gasteiger partial charge in [-0.25, -0.2) is 8.78 Å². The molecule has 0 fully saturated rings. The van der Waals surface area contributed by atoms with Crippen LogP contribution in [0.1, 0.15) is 17.7 Å². The number of aliphatic hydroxyl groups is 1. The summed E-state index contributed by atoms with van der Waals surface area (Å²) < 4.78 is 24.6. The van der Waals surface area contributed by atoms with Gasteiger partial charge in [-0.15, -0.1) is 0 Å². The van der Waals surface area contributed by atoms with Crippen LogP contribution in [-0.2, 0) is 6.61 Å². The van der Waals surface area contributed by atoms with Crippen LogP contribution in [0.4, 0.5) is 8.78 Å². The number of rotatable bonds is 2. The molecule has 1 heterocycles. The van der Waals surface area contributed by atoms with Crippen LogP contribution in [0.5, 0.6) is 0 Å². The van der Waals surface area contributed by atoms with Gasteiger partial charge in [-0.2, -0.15) is 0 Å². The lowest BCUT2D eigenvalue weighted by Gasteiger charge is -2.02. The average Bonchev–Trinajstić information content (AvgIpc) is 2.05. The molecule has 12 heavy (non-hydrogen) atoms. The van der Waals surface area contributed by atoms with E-state index in [4.69, 9.17) is 5.11 Å². The molecule has 5 heteroatoms. The second-order valence-corrected chi connectivity index (χ2v) is 3.01. The first-order chi connectivity index (χ1) is 5.65. The summed E-state index contributed by atoms with van der Waals surface area (Å²) in [4.78, 5) is 3.48. The average molecular weight is 238 g/mol. The van der Waals surface area contributed by atoms with Gasteiger partial charge in [0.25, 0.3) is 6.43 Å². The Kier molecular flexibility index (Phi) is 3.11. The summed E-state index contributed by atoms with van der Waals surface area (Å²) in [5, 5.41) is 8.72. The van der Waals surface area contributed by atoms with E-state index in [1.54, 1.807) is 0 Å². The van der Waals surface area contributed by atoms with Gasteiger partial charge in [0, 0.05) is 10.7 Å².